The second kappa shape index (κ2) is 7.96. The number of hydrogen-bond acceptors (Lipinski definition) is 5. The molecular weight excluding hydrogens is 418 g/mol. The van der Waals surface area contributed by atoms with E-state index < -0.39 is 5.54 Å². The number of benzene rings is 1. The molecule has 2 heterocycles. The Morgan fingerprint density at radius 3 is 2.81 bits per heavy atom. The highest BCUT2D eigenvalue weighted by atomic mass is 35.5. The Morgan fingerprint density at radius 2 is 2.10 bits per heavy atom. The van der Waals surface area contributed by atoms with Gasteiger partial charge in [-0.15, -0.1) is 5.10 Å². The predicted octanol–water partition coefficient (Wildman–Crippen LogP) is 2.40. The zero-order chi connectivity index (χ0) is 21.4. The number of fused-ring (bicyclic) bond motifs is 1. The molecule has 162 valence electrons. The third-order valence-corrected chi connectivity index (χ3v) is 6.99. The summed E-state index contributed by atoms with van der Waals surface area (Å²) in [6.45, 7) is 0.372. The van der Waals surface area contributed by atoms with Gasteiger partial charge in [0.05, 0.1) is 28.5 Å². The number of rotatable bonds is 7. The molecule has 0 aliphatic heterocycles. The molecule has 10 heteroatoms. The van der Waals surface area contributed by atoms with Crippen molar-refractivity contribution >= 4 is 34.3 Å². The van der Waals surface area contributed by atoms with Gasteiger partial charge in [-0.05, 0) is 43.7 Å². The zero-order valence-electron chi connectivity index (χ0n) is 17.0. The van der Waals surface area contributed by atoms with Gasteiger partial charge in [0.1, 0.15) is 5.54 Å². The number of hydrogen-bond donors (Lipinski definition) is 3. The Morgan fingerprint density at radius 1 is 1.29 bits per heavy atom. The number of H-pyrrole nitrogens is 1. The Kier molecular flexibility index (Phi) is 5.13. The number of nitrogens with zero attached hydrogens (tertiary/aromatic N) is 4. The number of amides is 2. The molecule has 2 saturated carbocycles. The van der Waals surface area contributed by atoms with Crippen LogP contribution in [0.4, 0.5) is 0 Å². The lowest BCUT2D eigenvalue weighted by atomic mass is 9.97. The normalized spacial score (nSPS) is 18.7. The minimum Gasteiger partial charge on any atom is -0.352 e. The molecule has 5 rings (SSSR count). The van der Waals surface area contributed by atoms with Crippen molar-refractivity contribution < 1.29 is 9.59 Å². The molecule has 0 radical (unpaired) electrons. The summed E-state index contributed by atoms with van der Waals surface area (Å²) < 4.78 is 1.63. The molecule has 1 atom stereocenters. The van der Waals surface area contributed by atoms with Crippen LogP contribution >= 0.6 is 11.6 Å². The molecule has 2 aromatic heterocycles. The fourth-order valence-corrected chi connectivity index (χ4v) is 4.88. The van der Waals surface area contributed by atoms with Gasteiger partial charge in [0, 0.05) is 24.2 Å². The fourth-order valence-electron chi connectivity index (χ4n) is 4.58. The highest BCUT2D eigenvalue weighted by Crippen LogP contribution is 2.43. The molecule has 1 unspecified atom stereocenters. The average molecular weight is 442 g/mol. The van der Waals surface area contributed by atoms with E-state index in [2.05, 4.69) is 31.1 Å². The van der Waals surface area contributed by atoms with Crippen molar-refractivity contribution in [2.24, 2.45) is 5.92 Å². The monoisotopic (exact) mass is 441 g/mol. The molecule has 0 spiro atoms. The first-order valence-electron chi connectivity index (χ1n) is 10.7. The number of aromatic amines is 1. The molecule has 31 heavy (non-hydrogen) atoms. The first kappa shape index (κ1) is 20.0. The lowest BCUT2D eigenvalue weighted by Crippen LogP contribution is -2.50. The lowest BCUT2D eigenvalue weighted by Gasteiger charge is -2.26. The standard InChI is InChI=1S/C21H24ClN7O2/c22-18-14(5-6-16-15(18)11-25-27-16)19(30)26-17(13-3-1-2-4-13)12-23-20(31)21(7-8-21)29-10-9-24-28-29/h5-6,9-11,13,17H,1-4,7-8,12H2,(H,23,31)(H,25,27)(H,26,30). The first-order chi connectivity index (χ1) is 15.1. The van der Waals surface area contributed by atoms with E-state index in [1.54, 1.807) is 35.4 Å². The number of carbonyl (C=O) groups excluding carboxylic acids is 2. The lowest BCUT2D eigenvalue weighted by molar-refractivity contribution is -0.126. The van der Waals surface area contributed by atoms with Gasteiger partial charge in [-0.2, -0.15) is 5.10 Å². The second-order valence-corrected chi connectivity index (χ2v) is 8.85. The van der Waals surface area contributed by atoms with Gasteiger partial charge in [0.15, 0.2) is 0 Å². The molecule has 3 aromatic rings. The highest BCUT2D eigenvalue weighted by molar-refractivity contribution is 6.38. The van der Waals surface area contributed by atoms with Gasteiger partial charge in [0.2, 0.25) is 5.91 Å². The number of aromatic nitrogens is 5. The van der Waals surface area contributed by atoms with Crippen LogP contribution in [0.1, 0.15) is 48.9 Å². The highest BCUT2D eigenvalue weighted by Gasteiger charge is 2.52. The third kappa shape index (κ3) is 3.67. The van der Waals surface area contributed by atoms with Crippen molar-refractivity contribution in [2.45, 2.75) is 50.1 Å². The number of halogens is 1. The van der Waals surface area contributed by atoms with Gasteiger partial charge in [-0.25, -0.2) is 4.68 Å². The minimum atomic E-state index is -0.642. The van der Waals surface area contributed by atoms with Crippen molar-refractivity contribution in [3.05, 3.63) is 41.3 Å². The van der Waals surface area contributed by atoms with Crippen LogP contribution in [0.15, 0.2) is 30.7 Å². The van der Waals surface area contributed by atoms with Gasteiger partial charge in [0.25, 0.3) is 5.91 Å². The molecular formula is C21H24ClN7O2. The van der Waals surface area contributed by atoms with Gasteiger partial charge in [-0.1, -0.05) is 29.7 Å². The zero-order valence-corrected chi connectivity index (χ0v) is 17.7. The summed E-state index contributed by atoms with van der Waals surface area (Å²) in [5.41, 5.74) is 0.547. The summed E-state index contributed by atoms with van der Waals surface area (Å²) in [5.74, 6) is 0.00644. The van der Waals surface area contributed by atoms with Crippen LogP contribution in [0.3, 0.4) is 0 Å². The minimum absolute atomic E-state index is 0.0758. The molecule has 2 aliphatic carbocycles. The smallest absolute Gasteiger partial charge is 0.253 e. The van der Waals surface area contributed by atoms with E-state index in [1.807, 2.05) is 0 Å². The van der Waals surface area contributed by atoms with Crippen LogP contribution in [-0.4, -0.2) is 49.6 Å². The summed E-state index contributed by atoms with van der Waals surface area (Å²) in [4.78, 5) is 26.0. The van der Waals surface area contributed by atoms with Crippen LogP contribution in [0.2, 0.25) is 5.02 Å². The van der Waals surface area contributed by atoms with E-state index in [-0.39, 0.29) is 17.9 Å². The van der Waals surface area contributed by atoms with E-state index in [0.717, 1.165) is 44.0 Å². The van der Waals surface area contributed by atoms with Gasteiger partial charge >= 0.3 is 0 Å². The van der Waals surface area contributed by atoms with Crippen molar-refractivity contribution in [2.75, 3.05) is 6.54 Å². The van der Waals surface area contributed by atoms with Crippen molar-refractivity contribution in [1.82, 2.24) is 35.8 Å². The SMILES string of the molecule is O=C(NC(CNC(=O)C1(n2ccnn2)CC1)C1CCCC1)c1ccc2[nH]ncc2c1Cl. The largest absolute Gasteiger partial charge is 0.352 e. The van der Waals surface area contributed by atoms with Crippen molar-refractivity contribution in [3.8, 4) is 0 Å². The summed E-state index contributed by atoms with van der Waals surface area (Å²) in [6.07, 6.45) is 10.7. The van der Waals surface area contributed by atoms with Crippen LogP contribution in [0.5, 0.6) is 0 Å². The van der Waals surface area contributed by atoms with Crippen LogP contribution in [0, 0.1) is 5.92 Å². The molecule has 9 nitrogen and oxygen atoms in total. The van der Waals surface area contributed by atoms with Gasteiger partial charge in [-0.3, -0.25) is 14.7 Å². The van der Waals surface area contributed by atoms with E-state index in [4.69, 9.17) is 11.6 Å². The summed E-state index contributed by atoms with van der Waals surface area (Å²) >= 11 is 6.47. The maximum atomic E-state index is 13.1. The molecule has 0 saturated heterocycles. The maximum absolute atomic E-state index is 13.1. The van der Waals surface area contributed by atoms with Gasteiger partial charge < -0.3 is 10.6 Å². The van der Waals surface area contributed by atoms with Crippen molar-refractivity contribution in [1.29, 1.82) is 0 Å². The Labute approximate surface area is 183 Å². The van der Waals surface area contributed by atoms with Crippen LogP contribution < -0.4 is 10.6 Å². The Hall–Kier alpha value is -2.94. The second-order valence-electron chi connectivity index (χ2n) is 8.47. The maximum Gasteiger partial charge on any atom is 0.253 e. The molecule has 0 bridgehead atoms. The molecule has 3 N–H and O–H groups in total. The quantitative estimate of drug-likeness (QED) is 0.520. The van der Waals surface area contributed by atoms with Crippen LogP contribution in [0.25, 0.3) is 10.9 Å². The molecule has 1 aromatic carbocycles. The Bertz CT molecular complexity index is 1100. The predicted molar refractivity (Wildman–Crippen MR) is 115 cm³/mol. The molecule has 2 fully saturated rings. The molecule has 2 amide bonds. The van der Waals surface area contributed by atoms with E-state index in [0.29, 0.717) is 28.4 Å². The topological polar surface area (TPSA) is 118 Å². The first-order valence-corrected chi connectivity index (χ1v) is 11.0. The number of carbonyl (C=O) groups is 2. The third-order valence-electron chi connectivity index (χ3n) is 6.58. The average Bonchev–Trinajstić information content (AvgIpc) is 3.25. The van der Waals surface area contributed by atoms with E-state index in [9.17, 15) is 9.59 Å². The fraction of sp³-hybridized carbons (Fsp3) is 0.476. The van der Waals surface area contributed by atoms with Crippen molar-refractivity contribution in [3.63, 3.8) is 0 Å². The van der Waals surface area contributed by atoms with E-state index in [1.165, 1.54) is 0 Å². The van der Waals surface area contributed by atoms with E-state index >= 15 is 0 Å². The summed E-state index contributed by atoms with van der Waals surface area (Å²) in [5, 5.41) is 21.9. The van der Waals surface area contributed by atoms with Crippen LogP contribution in [-0.2, 0) is 10.3 Å². The summed E-state index contributed by atoms with van der Waals surface area (Å²) in [7, 11) is 0. The number of nitrogens with one attached hydrogen (secondary N) is 3. The Balaban J connectivity index is 1.30. The summed E-state index contributed by atoms with van der Waals surface area (Å²) in [6, 6.07) is 3.33. The molecule has 2 aliphatic rings.